The van der Waals surface area contributed by atoms with Gasteiger partial charge in [-0.25, -0.2) is 0 Å². The molecule has 1 aromatic rings. The normalized spacial score (nSPS) is 10.3. The van der Waals surface area contributed by atoms with Crippen molar-refractivity contribution in [3.8, 4) is 0 Å². The number of benzene rings is 1. The molecule has 18 heavy (non-hydrogen) atoms. The molecule has 0 aliphatic carbocycles. The van der Waals surface area contributed by atoms with Crippen LogP contribution in [-0.2, 0) is 4.79 Å². The lowest BCUT2D eigenvalue weighted by Crippen LogP contribution is -2.22. The summed E-state index contributed by atoms with van der Waals surface area (Å²) in [5.41, 5.74) is 2.21. The Morgan fingerprint density at radius 2 is 1.83 bits per heavy atom. The first-order chi connectivity index (χ1) is 8.32. The van der Waals surface area contributed by atoms with Crippen molar-refractivity contribution in [2.24, 2.45) is 5.92 Å². The second-order valence-corrected chi connectivity index (χ2v) is 4.87. The number of hydrogen-bond acceptors (Lipinski definition) is 2. The molecular weight excluding hydrogens is 228 g/mol. The Morgan fingerprint density at radius 3 is 2.33 bits per heavy atom. The third kappa shape index (κ3) is 3.32. The average molecular weight is 248 g/mol. The lowest BCUT2D eigenvalue weighted by atomic mass is 10.1. The zero-order valence-electron chi connectivity index (χ0n) is 11.6. The van der Waals surface area contributed by atoms with Gasteiger partial charge in [-0.3, -0.25) is 9.59 Å². The largest absolute Gasteiger partial charge is 0.345 e. The smallest absolute Gasteiger partial charge is 0.253 e. The molecule has 0 aromatic heterocycles. The van der Waals surface area contributed by atoms with E-state index in [4.69, 9.17) is 0 Å². The molecule has 1 N–H and O–H groups in total. The SMILES string of the molecule is Cc1ccc(C(=O)N(C)C)cc1NC(=O)C(C)C. The number of carbonyl (C=O) groups excluding carboxylic acids is 2. The zero-order chi connectivity index (χ0) is 13.9. The highest BCUT2D eigenvalue weighted by Gasteiger charge is 2.12. The number of anilines is 1. The molecule has 0 heterocycles. The van der Waals surface area contributed by atoms with Crippen LogP contribution in [0.25, 0.3) is 0 Å². The Labute approximate surface area is 108 Å². The van der Waals surface area contributed by atoms with Crippen LogP contribution in [0.3, 0.4) is 0 Å². The highest BCUT2D eigenvalue weighted by atomic mass is 16.2. The van der Waals surface area contributed by atoms with Crippen molar-refractivity contribution < 1.29 is 9.59 Å². The molecule has 0 saturated heterocycles. The molecule has 0 saturated carbocycles. The predicted octanol–water partition coefficient (Wildman–Crippen LogP) is 2.29. The van der Waals surface area contributed by atoms with Crippen LogP contribution in [-0.4, -0.2) is 30.8 Å². The number of aryl methyl sites for hydroxylation is 1. The van der Waals surface area contributed by atoms with Gasteiger partial charge in [-0.15, -0.1) is 0 Å². The van der Waals surface area contributed by atoms with Crippen molar-refractivity contribution in [3.05, 3.63) is 29.3 Å². The summed E-state index contributed by atoms with van der Waals surface area (Å²) < 4.78 is 0. The summed E-state index contributed by atoms with van der Waals surface area (Å²) in [5.74, 6) is -0.208. The van der Waals surface area contributed by atoms with Gasteiger partial charge in [-0.05, 0) is 24.6 Å². The van der Waals surface area contributed by atoms with Crippen LogP contribution in [0.5, 0.6) is 0 Å². The van der Waals surface area contributed by atoms with E-state index in [0.717, 1.165) is 5.56 Å². The molecule has 98 valence electrons. The number of carbonyl (C=O) groups is 2. The van der Waals surface area contributed by atoms with Crippen molar-refractivity contribution in [2.75, 3.05) is 19.4 Å². The molecule has 0 fully saturated rings. The fraction of sp³-hybridized carbons (Fsp3) is 0.429. The van der Waals surface area contributed by atoms with E-state index in [2.05, 4.69) is 5.32 Å². The van der Waals surface area contributed by atoms with Gasteiger partial charge in [0, 0.05) is 31.3 Å². The molecule has 4 heteroatoms. The van der Waals surface area contributed by atoms with Crippen LogP contribution in [0.1, 0.15) is 29.8 Å². The second kappa shape index (κ2) is 5.67. The molecule has 4 nitrogen and oxygen atoms in total. The molecular formula is C14H20N2O2. The summed E-state index contributed by atoms with van der Waals surface area (Å²) in [4.78, 5) is 25.0. The number of nitrogens with one attached hydrogen (secondary N) is 1. The quantitative estimate of drug-likeness (QED) is 0.892. The van der Waals surface area contributed by atoms with E-state index in [1.54, 1.807) is 26.2 Å². The molecule has 0 aliphatic rings. The summed E-state index contributed by atoms with van der Waals surface area (Å²) in [6.07, 6.45) is 0. The Balaban J connectivity index is 3.02. The van der Waals surface area contributed by atoms with Gasteiger partial charge in [-0.1, -0.05) is 19.9 Å². The van der Waals surface area contributed by atoms with Crippen molar-refractivity contribution in [3.63, 3.8) is 0 Å². The van der Waals surface area contributed by atoms with Crippen LogP contribution in [0, 0.1) is 12.8 Å². The lowest BCUT2D eigenvalue weighted by Gasteiger charge is -2.14. The topological polar surface area (TPSA) is 49.4 Å². The minimum atomic E-state index is -0.0855. The van der Waals surface area contributed by atoms with Gasteiger partial charge in [0.15, 0.2) is 0 Å². The number of hydrogen-bond donors (Lipinski definition) is 1. The molecule has 2 amide bonds. The minimum absolute atomic E-state index is 0.0486. The van der Waals surface area contributed by atoms with E-state index >= 15 is 0 Å². The number of nitrogens with zero attached hydrogens (tertiary/aromatic N) is 1. The average Bonchev–Trinajstić information content (AvgIpc) is 2.30. The predicted molar refractivity (Wildman–Crippen MR) is 72.7 cm³/mol. The molecule has 0 spiro atoms. The summed E-state index contributed by atoms with van der Waals surface area (Å²) in [6, 6.07) is 5.33. The van der Waals surface area contributed by atoms with Gasteiger partial charge in [0.1, 0.15) is 0 Å². The summed E-state index contributed by atoms with van der Waals surface area (Å²) in [7, 11) is 3.41. The van der Waals surface area contributed by atoms with Crippen LogP contribution in [0.15, 0.2) is 18.2 Å². The molecule has 0 bridgehead atoms. The summed E-state index contributed by atoms with van der Waals surface area (Å²) in [6.45, 7) is 5.57. The van der Waals surface area contributed by atoms with Gasteiger partial charge in [0.25, 0.3) is 5.91 Å². The Kier molecular flexibility index (Phi) is 4.48. The maximum absolute atomic E-state index is 11.8. The maximum Gasteiger partial charge on any atom is 0.253 e. The lowest BCUT2D eigenvalue weighted by molar-refractivity contribution is -0.118. The first kappa shape index (κ1) is 14.2. The van der Waals surface area contributed by atoms with Crippen molar-refractivity contribution in [2.45, 2.75) is 20.8 Å². The van der Waals surface area contributed by atoms with Gasteiger partial charge in [-0.2, -0.15) is 0 Å². The Hall–Kier alpha value is -1.84. The van der Waals surface area contributed by atoms with Gasteiger partial charge in [0.2, 0.25) is 5.91 Å². The van der Waals surface area contributed by atoms with Gasteiger partial charge < -0.3 is 10.2 Å². The first-order valence-corrected chi connectivity index (χ1v) is 5.96. The fourth-order valence-corrected chi connectivity index (χ4v) is 1.42. The Morgan fingerprint density at radius 1 is 1.22 bits per heavy atom. The second-order valence-electron chi connectivity index (χ2n) is 4.87. The zero-order valence-corrected chi connectivity index (χ0v) is 11.6. The van der Waals surface area contributed by atoms with Crippen molar-refractivity contribution >= 4 is 17.5 Å². The van der Waals surface area contributed by atoms with E-state index in [0.29, 0.717) is 11.3 Å². The van der Waals surface area contributed by atoms with Gasteiger partial charge in [0.05, 0.1) is 0 Å². The van der Waals surface area contributed by atoms with Crippen LogP contribution < -0.4 is 5.32 Å². The molecule has 1 rings (SSSR count). The van der Waals surface area contributed by atoms with Crippen LogP contribution in [0.2, 0.25) is 0 Å². The maximum atomic E-state index is 11.8. The number of amides is 2. The first-order valence-electron chi connectivity index (χ1n) is 5.96. The van der Waals surface area contributed by atoms with E-state index in [9.17, 15) is 9.59 Å². The third-order valence-corrected chi connectivity index (χ3v) is 2.67. The van der Waals surface area contributed by atoms with E-state index in [1.807, 2.05) is 26.8 Å². The molecule has 1 aromatic carbocycles. The third-order valence-electron chi connectivity index (χ3n) is 2.67. The molecule has 0 atom stereocenters. The summed E-state index contributed by atoms with van der Waals surface area (Å²) >= 11 is 0. The fourth-order valence-electron chi connectivity index (χ4n) is 1.42. The highest BCUT2D eigenvalue weighted by Crippen LogP contribution is 2.18. The molecule has 0 radical (unpaired) electrons. The van der Waals surface area contributed by atoms with Crippen LogP contribution >= 0.6 is 0 Å². The van der Waals surface area contributed by atoms with Crippen molar-refractivity contribution in [1.29, 1.82) is 0 Å². The standard InChI is InChI=1S/C14H20N2O2/c1-9(2)13(17)15-12-8-11(7-6-10(12)3)14(18)16(4)5/h6-9H,1-5H3,(H,15,17). The van der Waals surface area contributed by atoms with Gasteiger partial charge >= 0.3 is 0 Å². The molecule has 0 aliphatic heterocycles. The van der Waals surface area contributed by atoms with E-state index < -0.39 is 0 Å². The summed E-state index contributed by atoms with van der Waals surface area (Å²) in [5, 5.41) is 2.83. The minimum Gasteiger partial charge on any atom is -0.345 e. The van der Waals surface area contributed by atoms with Crippen LogP contribution in [0.4, 0.5) is 5.69 Å². The van der Waals surface area contributed by atoms with E-state index in [1.165, 1.54) is 4.90 Å². The van der Waals surface area contributed by atoms with E-state index in [-0.39, 0.29) is 17.7 Å². The Bertz CT molecular complexity index is 465. The monoisotopic (exact) mass is 248 g/mol. The number of rotatable bonds is 3. The van der Waals surface area contributed by atoms with Crippen molar-refractivity contribution in [1.82, 2.24) is 4.90 Å². The highest BCUT2D eigenvalue weighted by molar-refractivity contribution is 5.97. The molecule has 0 unspecified atom stereocenters.